The van der Waals surface area contributed by atoms with Crippen molar-refractivity contribution in [2.24, 2.45) is 5.41 Å². The summed E-state index contributed by atoms with van der Waals surface area (Å²) in [7, 11) is -3.31. The molecule has 2 aliphatic heterocycles. The molecule has 2 aliphatic carbocycles. The number of nitriles is 1. The minimum atomic E-state index is -3.31. The lowest BCUT2D eigenvalue weighted by molar-refractivity contribution is 0.0909. The van der Waals surface area contributed by atoms with E-state index in [2.05, 4.69) is 44.9 Å². The molecule has 0 bridgehead atoms. The lowest BCUT2D eigenvalue weighted by Gasteiger charge is -2.47. The van der Waals surface area contributed by atoms with Crippen molar-refractivity contribution in [3.05, 3.63) is 70.3 Å². The van der Waals surface area contributed by atoms with E-state index in [1.807, 2.05) is 18.2 Å². The molecule has 2 aromatic carbocycles. The van der Waals surface area contributed by atoms with E-state index in [9.17, 15) is 13.7 Å². The number of piperidine rings is 1. The van der Waals surface area contributed by atoms with Gasteiger partial charge in [0.1, 0.15) is 0 Å². The number of aryl methyl sites for hydroxylation is 1. The first-order valence-electron chi connectivity index (χ1n) is 13.7. The van der Waals surface area contributed by atoms with Crippen molar-refractivity contribution >= 4 is 21.4 Å². The zero-order valence-corrected chi connectivity index (χ0v) is 22.5. The summed E-state index contributed by atoms with van der Waals surface area (Å²) in [5.74, 6) is 0. The monoisotopic (exact) mass is 516 g/mol. The first-order valence-corrected chi connectivity index (χ1v) is 15.5. The Morgan fingerprint density at radius 1 is 1.00 bits per heavy atom. The Bertz CT molecular complexity index is 1380. The van der Waals surface area contributed by atoms with Crippen molar-refractivity contribution in [1.82, 2.24) is 9.80 Å². The van der Waals surface area contributed by atoms with E-state index in [1.165, 1.54) is 53.5 Å². The van der Waals surface area contributed by atoms with Crippen molar-refractivity contribution in [1.29, 1.82) is 5.26 Å². The molecule has 2 fully saturated rings. The maximum absolute atomic E-state index is 11.9. The molecule has 0 aromatic heterocycles. The Balaban J connectivity index is 1.21. The number of anilines is 1. The van der Waals surface area contributed by atoms with Crippen LogP contribution in [0.3, 0.4) is 0 Å². The van der Waals surface area contributed by atoms with E-state index in [1.54, 1.807) is 0 Å². The van der Waals surface area contributed by atoms with Gasteiger partial charge < -0.3 is 4.90 Å². The number of likely N-dealkylation sites (tertiary alicyclic amines) is 2. The van der Waals surface area contributed by atoms with E-state index in [4.69, 9.17) is 0 Å². The lowest BCUT2D eigenvalue weighted by Crippen LogP contribution is -2.48. The van der Waals surface area contributed by atoms with Crippen LogP contribution < -0.4 is 4.72 Å². The topological polar surface area (TPSA) is 76.4 Å². The van der Waals surface area contributed by atoms with Crippen LogP contribution >= 0.6 is 0 Å². The number of fused-ring (bicyclic) bond motifs is 2. The van der Waals surface area contributed by atoms with E-state index in [0.29, 0.717) is 11.7 Å². The number of nitrogens with zero attached hydrogens (tertiary/aromatic N) is 3. The third-order valence-corrected chi connectivity index (χ3v) is 9.58. The largest absolute Gasteiger partial charge is 0.371 e. The Morgan fingerprint density at radius 3 is 2.49 bits per heavy atom. The minimum Gasteiger partial charge on any atom is -0.371 e. The van der Waals surface area contributed by atoms with Crippen LogP contribution in [0, 0.1) is 16.7 Å². The molecular formula is C30H36N4O2S. The molecule has 0 amide bonds. The molecule has 0 radical (unpaired) electrons. The number of allylic oxidation sites excluding steroid dienone is 1. The fourth-order valence-electron chi connectivity index (χ4n) is 7.04. The van der Waals surface area contributed by atoms with Crippen LogP contribution in [-0.2, 0) is 29.3 Å². The van der Waals surface area contributed by atoms with E-state index in [0.717, 1.165) is 63.8 Å². The molecule has 0 saturated carbocycles. The molecule has 2 heterocycles. The van der Waals surface area contributed by atoms with E-state index < -0.39 is 10.0 Å². The second-order valence-corrected chi connectivity index (χ2v) is 13.3. The fourth-order valence-corrected chi connectivity index (χ4v) is 7.59. The Kier molecular flexibility index (Phi) is 6.29. The highest BCUT2D eigenvalue weighted by Crippen LogP contribution is 2.46. The van der Waals surface area contributed by atoms with Crippen molar-refractivity contribution in [2.45, 2.75) is 57.4 Å². The van der Waals surface area contributed by atoms with Gasteiger partial charge in [-0.2, -0.15) is 5.26 Å². The molecule has 4 aliphatic rings. The van der Waals surface area contributed by atoms with Crippen LogP contribution in [0.15, 0.2) is 42.5 Å². The fraction of sp³-hybridized carbons (Fsp3) is 0.500. The Labute approximate surface area is 221 Å². The van der Waals surface area contributed by atoms with Crippen LogP contribution in [0.2, 0.25) is 0 Å². The van der Waals surface area contributed by atoms with E-state index in [-0.39, 0.29) is 5.41 Å². The first kappa shape index (κ1) is 24.5. The molecule has 2 aromatic rings. The predicted molar refractivity (Wildman–Crippen MR) is 148 cm³/mol. The maximum atomic E-state index is 11.9. The van der Waals surface area contributed by atoms with Gasteiger partial charge in [0.05, 0.1) is 17.9 Å². The van der Waals surface area contributed by atoms with Gasteiger partial charge in [-0.3, -0.25) is 9.62 Å². The molecular weight excluding hydrogens is 480 g/mol. The summed E-state index contributed by atoms with van der Waals surface area (Å²) in [5, 5.41) is 9.23. The van der Waals surface area contributed by atoms with Gasteiger partial charge in [-0.05, 0) is 111 Å². The van der Waals surface area contributed by atoms with Crippen LogP contribution in [0.4, 0.5) is 5.69 Å². The van der Waals surface area contributed by atoms with Gasteiger partial charge in [-0.15, -0.1) is 0 Å². The molecule has 1 spiro atoms. The van der Waals surface area contributed by atoms with Gasteiger partial charge in [-0.25, -0.2) is 8.42 Å². The van der Waals surface area contributed by atoms with Gasteiger partial charge in [0, 0.05) is 36.1 Å². The standard InChI is InChI=1S/C30H36N4O2S/c1-37(35,36)32-26-8-6-25-19-30(20-29(28(25)18-26)34-12-2-3-13-34)10-14-33(15-11-30)27-9-7-23-16-22(21-31)4-5-24(23)17-27/h4-6,8,16,18,20,27,32H,2-3,7,9-15,17,19H2,1H3/t27-/m1/s1. The smallest absolute Gasteiger partial charge is 0.229 e. The van der Waals surface area contributed by atoms with Gasteiger partial charge in [0.25, 0.3) is 0 Å². The third kappa shape index (κ3) is 5.02. The molecule has 2 saturated heterocycles. The molecule has 37 heavy (non-hydrogen) atoms. The third-order valence-electron chi connectivity index (χ3n) is 8.97. The minimum absolute atomic E-state index is 0.168. The van der Waals surface area contributed by atoms with Crippen LogP contribution in [0.25, 0.3) is 5.70 Å². The van der Waals surface area contributed by atoms with Crippen LogP contribution in [0.5, 0.6) is 0 Å². The zero-order chi connectivity index (χ0) is 25.6. The Hall–Kier alpha value is -2.82. The van der Waals surface area contributed by atoms with Gasteiger partial charge in [-0.1, -0.05) is 18.2 Å². The summed E-state index contributed by atoms with van der Waals surface area (Å²) in [6.45, 7) is 4.38. The summed E-state index contributed by atoms with van der Waals surface area (Å²) in [5.41, 5.74) is 8.21. The Morgan fingerprint density at radius 2 is 1.76 bits per heavy atom. The highest BCUT2D eigenvalue weighted by atomic mass is 32.2. The maximum Gasteiger partial charge on any atom is 0.229 e. The average molecular weight is 517 g/mol. The number of nitrogens with one attached hydrogen (secondary N) is 1. The first-order chi connectivity index (χ1) is 17.8. The molecule has 1 atom stereocenters. The molecule has 6 rings (SSSR count). The highest BCUT2D eigenvalue weighted by Gasteiger charge is 2.40. The van der Waals surface area contributed by atoms with Crippen molar-refractivity contribution in [2.75, 3.05) is 37.2 Å². The lowest BCUT2D eigenvalue weighted by atomic mass is 9.68. The van der Waals surface area contributed by atoms with Crippen molar-refractivity contribution < 1.29 is 8.42 Å². The van der Waals surface area contributed by atoms with E-state index >= 15 is 0 Å². The van der Waals surface area contributed by atoms with Gasteiger partial charge in [0.15, 0.2) is 0 Å². The number of rotatable bonds is 4. The number of hydrogen-bond donors (Lipinski definition) is 1. The quantitative estimate of drug-likeness (QED) is 0.645. The SMILES string of the molecule is CS(=O)(=O)Nc1ccc2c(c1)C(N1CCCC1)=CC1(CCN([C@@H]3CCc4cc(C#N)ccc4C3)CC1)C2. The summed E-state index contributed by atoms with van der Waals surface area (Å²) >= 11 is 0. The van der Waals surface area contributed by atoms with Gasteiger partial charge >= 0.3 is 0 Å². The predicted octanol–water partition coefficient (Wildman–Crippen LogP) is 4.56. The summed E-state index contributed by atoms with van der Waals surface area (Å²) in [4.78, 5) is 5.23. The van der Waals surface area contributed by atoms with Crippen molar-refractivity contribution in [3.8, 4) is 6.07 Å². The second kappa shape index (κ2) is 9.49. The summed E-state index contributed by atoms with van der Waals surface area (Å²) in [6.07, 6.45) is 12.9. The van der Waals surface area contributed by atoms with Crippen LogP contribution in [-0.4, -0.2) is 56.7 Å². The highest BCUT2D eigenvalue weighted by molar-refractivity contribution is 7.92. The molecule has 194 valence electrons. The number of sulfonamides is 1. The number of benzene rings is 2. The second-order valence-electron chi connectivity index (χ2n) is 11.5. The summed E-state index contributed by atoms with van der Waals surface area (Å²) in [6, 6.07) is 15.2. The molecule has 0 unspecified atom stereocenters. The van der Waals surface area contributed by atoms with Crippen molar-refractivity contribution in [3.63, 3.8) is 0 Å². The molecule has 1 N–H and O–H groups in total. The normalized spacial score (nSPS) is 23.2. The van der Waals surface area contributed by atoms with Gasteiger partial charge in [0.2, 0.25) is 10.0 Å². The average Bonchev–Trinajstić information content (AvgIpc) is 3.42. The molecule has 6 nitrogen and oxygen atoms in total. The van der Waals surface area contributed by atoms with Crippen LogP contribution in [0.1, 0.15) is 59.9 Å². The number of hydrogen-bond acceptors (Lipinski definition) is 5. The zero-order valence-electron chi connectivity index (χ0n) is 21.7. The summed E-state index contributed by atoms with van der Waals surface area (Å²) < 4.78 is 26.4. The molecule has 7 heteroatoms.